The van der Waals surface area contributed by atoms with Crippen LogP contribution in [0.25, 0.3) is 0 Å². The number of nitrogens with one attached hydrogen (secondary N) is 1. The van der Waals surface area contributed by atoms with Gasteiger partial charge in [-0.2, -0.15) is 31.4 Å². The fourth-order valence-corrected chi connectivity index (χ4v) is 4.11. The van der Waals surface area contributed by atoms with Crippen molar-refractivity contribution in [1.82, 2.24) is 14.8 Å². The second-order valence-corrected chi connectivity index (χ2v) is 8.82. The molecule has 1 aliphatic rings. The van der Waals surface area contributed by atoms with Crippen molar-refractivity contribution in [3.05, 3.63) is 41.2 Å². The summed E-state index contributed by atoms with van der Waals surface area (Å²) in [6, 6.07) is 1.48. The van der Waals surface area contributed by atoms with Gasteiger partial charge in [-0.25, -0.2) is 14.1 Å². The Balaban J connectivity index is 2.09. The average Bonchev–Trinajstić information content (AvgIpc) is 3.32. The summed E-state index contributed by atoms with van der Waals surface area (Å²) < 4.78 is 108. The van der Waals surface area contributed by atoms with Gasteiger partial charge in [-0.15, -0.1) is 0 Å². The number of aryl methyl sites for hydroxylation is 1. The average molecular weight is 556 g/mol. The molecule has 0 unspecified atom stereocenters. The van der Waals surface area contributed by atoms with E-state index in [0.29, 0.717) is 13.0 Å². The molecule has 1 aliphatic heterocycles. The van der Waals surface area contributed by atoms with Crippen LogP contribution in [-0.2, 0) is 14.3 Å². The molecule has 0 spiro atoms. The Kier molecular flexibility index (Phi) is 7.98. The first-order valence-electron chi connectivity index (χ1n) is 10.9. The van der Waals surface area contributed by atoms with Gasteiger partial charge in [-0.05, 0) is 19.9 Å². The minimum absolute atomic E-state index is 0.0803. The molecule has 1 aromatic heterocycles. The van der Waals surface area contributed by atoms with Crippen LogP contribution in [0.1, 0.15) is 37.6 Å². The van der Waals surface area contributed by atoms with Crippen molar-refractivity contribution >= 4 is 17.5 Å². The van der Waals surface area contributed by atoms with Crippen molar-refractivity contribution in [2.24, 2.45) is 5.92 Å². The summed E-state index contributed by atoms with van der Waals surface area (Å²) >= 11 is 0. The Morgan fingerprint density at radius 1 is 1.32 bits per heavy atom. The number of hydrogen-bond acceptors (Lipinski definition) is 6. The zero-order valence-corrected chi connectivity index (χ0v) is 20.3. The fourth-order valence-electron chi connectivity index (χ4n) is 4.11. The largest absolute Gasteiger partial charge is 0.480 e. The highest BCUT2D eigenvalue weighted by Crippen LogP contribution is 2.55. The lowest BCUT2D eigenvalue weighted by atomic mass is 9.77. The molecule has 2 heterocycles. The van der Waals surface area contributed by atoms with Crippen molar-refractivity contribution in [3.8, 4) is 5.75 Å². The summed E-state index contributed by atoms with van der Waals surface area (Å²) in [6.45, 7) is -1.08. The van der Waals surface area contributed by atoms with Crippen molar-refractivity contribution in [2.45, 2.75) is 51.1 Å². The zero-order valence-electron chi connectivity index (χ0n) is 20.3. The Morgan fingerprint density at radius 3 is 2.47 bits per heavy atom. The maximum atomic E-state index is 14.8. The smallest absolute Gasteiger partial charge is 0.417 e. The number of alkyl halides is 5. The van der Waals surface area contributed by atoms with Crippen LogP contribution in [0.4, 0.5) is 36.4 Å². The molecule has 2 amide bonds. The molecule has 3 rings (SSSR count). The predicted octanol–water partition coefficient (Wildman–Crippen LogP) is 4.17. The van der Waals surface area contributed by atoms with Crippen LogP contribution < -0.4 is 10.1 Å². The second-order valence-electron chi connectivity index (χ2n) is 8.82. The number of carbonyl (C=O) groups is 2. The maximum Gasteiger partial charge on any atom is 0.417 e. The number of anilines is 1. The number of likely N-dealkylation sites (N-methyl/N-ethyl adjacent to an activating group) is 1. The van der Waals surface area contributed by atoms with E-state index in [-0.39, 0.29) is 21.1 Å². The Labute approximate surface area is 211 Å². The summed E-state index contributed by atoms with van der Waals surface area (Å²) in [5.41, 5.74) is -3.73. The van der Waals surface area contributed by atoms with Crippen molar-refractivity contribution in [2.75, 3.05) is 19.0 Å². The van der Waals surface area contributed by atoms with Crippen molar-refractivity contribution in [1.29, 1.82) is 0 Å². The number of halogens is 7. The highest BCUT2D eigenvalue weighted by molar-refractivity contribution is 5.95. The Bertz CT molecular complexity index is 1220. The molecule has 16 heteroatoms. The zero-order chi connectivity index (χ0) is 28.7. The van der Waals surface area contributed by atoms with Crippen LogP contribution in [-0.4, -0.2) is 63.4 Å². The third kappa shape index (κ3) is 5.27. The van der Waals surface area contributed by atoms with Gasteiger partial charge in [0, 0.05) is 24.4 Å². The fraction of sp³-hybridized carbons (Fsp3) is 0.500. The Hall–Kier alpha value is -3.40. The molecular weight excluding hydrogens is 533 g/mol. The highest BCUT2D eigenvalue weighted by atomic mass is 19.4. The monoisotopic (exact) mass is 556 g/mol. The van der Waals surface area contributed by atoms with Crippen LogP contribution in [0.5, 0.6) is 5.75 Å². The summed E-state index contributed by atoms with van der Waals surface area (Å²) in [5.74, 6) is -9.63. The molecule has 0 bridgehead atoms. The molecule has 0 radical (unpaired) electrons. The number of benzene rings is 1. The molecule has 38 heavy (non-hydrogen) atoms. The number of carbonyl (C=O) groups excluding carboxylic acids is 2. The first-order chi connectivity index (χ1) is 17.5. The van der Waals surface area contributed by atoms with Gasteiger partial charge in [0.25, 0.3) is 11.8 Å². The molecule has 0 aliphatic carbocycles. The van der Waals surface area contributed by atoms with Crippen molar-refractivity contribution in [3.63, 3.8) is 0 Å². The summed E-state index contributed by atoms with van der Waals surface area (Å²) in [5, 5.41) is 15.0. The lowest BCUT2D eigenvalue weighted by Crippen LogP contribution is -2.47. The van der Waals surface area contributed by atoms with Gasteiger partial charge in [-0.3, -0.25) is 14.8 Å². The molecule has 210 valence electrons. The summed E-state index contributed by atoms with van der Waals surface area (Å²) in [6.07, 6.45) is -6.28. The molecule has 1 aromatic carbocycles. The number of nitrogens with zero attached hydrogens (tertiary/aromatic N) is 3. The number of hydroxylamine groups is 2. The number of ether oxygens (including phenoxy) is 2. The third-order valence-corrected chi connectivity index (χ3v) is 6.44. The SMILES string of the molecule is Cc1nn(C(F)F)cc1NC(=O)[C@@H]1O[C@@](C)(C(F)(F)F)[C@@H](C)[C@H]1c1ccc(F)c(F)c1OCC(=O)N(C)O. The highest BCUT2D eigenvalue weighted by Gasteiger charge is 2.66. The maximum absolute atomic E-state index is 14.8. The first kappa shape index (κ1) is 29.2. The third-order valence-electron chi connectivity index (χ3n) is 6.44. The van der Waals surface area contributed by atoms with E-state index in [1.807, 2.05) is 0 Å². The Morgan fingerprint density at radius 2 is 1.95 bits per heavy atom. The van der Waals surface area contributed by atoms with E-state index in [1.165, 1.54) is 6.92 Å². The normalized spacial score (nSPS) is 23.6. The van der Waals surface area contributed by atoms with Crippen LogP contribution in [0.2, 0.25) is 0 Å². The quantitative estimate of drug-likeness (QED) is 0.301. The number of hydrogen-bond donors (Lipinski definition) is 2. The van der Waals surface area contributed by atoms with Gasteiger partial charge in [0.1, 0.15) is 6.10 Å². The molecule has 1 saturated heterocycles. The molecule has 9 nitrogen and oxygen atoms in total. The van der Waals surface area contributed by atoms with Gasteiger partial charge < -0.3 is 14.8 Å². The molecule has 4 atom stereocenters. The molecule has 1 fully saturated rings. The van der Waals surface area contributed by atoms with Crippen molar-refractivity contribution < 1.29 is 55.0 Å². The first-order valence-corrected chi connectivity index (χ1v) is 10.9. The molecule has 2 aromatic rings. The van der Waals surface area contributed by atoms with Gasteiger partial charge in [0.2, 0.25) is 5.82 Å². The van der Waals surface area contributed by atoms with Crippen LogP contribution in [0.15, 0.2) is 18.3 Å². The lowest BCUT2D eigenvalue weighted by molar-refractivity contribution is -0.272. The van der Waals surface area contributed by atoms with E-state index in [9.17, 15) is 45.5 Å². The van der Waals surface area contributed by atoms with Crippen LogP contribution in [0, 0.1) is 24.5 Å². The minimum atomic E-state index is -5.04. The van der Waals surface area contributed by atoms with Gasteiger partial charge in [-0.1, -0.05) is 13.0 Å². The standard InChI is InChI=1S/C22H23F7N4O5/c1-9-15(11-5-6-12(23)16(24)17(11)37-8-14(34)32(4)36)18(38-21(9,3)22(27,28)29)19(35)30-13-7-33(20(25)26)31-10(13)2/h5-7,9,15,18,20,36H,8H2,1-4H3,(H,30,35)/t9-,15-,18+,21+/m0/s1. The number of rotatable bonds is 7. The molecular formula is C22H23F7N4O5. The summed E-state index contributed by atoms with van der Waals surface area (Å²) in [7, 11) is 0.925. The number of amides is 2. The van der Waals surface area contributed by atoms with Gasteiger partial charge in [0.05, 0.1) is 17.6 Å². The summed E-state index contributed by atoms with van der Waals surface area (Å²) in [4.78, 5) is 24.9. The predicted molar refractivity (Wildman–Crippen MR) is 114 cm³/mol. The second kappa shape index (κ2) is 10.4. The van der Waals surface area contributed by atoms with E-state index in [4.69, 9.17) is 9.47 Å². The topological polar surface area (TPSA) is 106 Å². The van der Waals surface area contributed by atoms with Crippen LogP contribution >= 0.6 is 0 Å². The van der Waals surface area contributed by atoms with E-state index in [1.54, 1.807) is 0 Å². The lowest BCUT2D eigenvalue weighted by Gasteiger charge is -2.32. The van der Waals surface area contributed by atoms with E-state index >= 15 is 0 Å². The van der Waals surface area contributed by atoms with E-state index in [0.717, 1.165) is 26.2 Å². The van der Waals surface area contributed by atoms with E-state index in [2.05, 4.69) is 10.4 Å². The number of aromatic nitrogens is 2. The molecule has 2 N–H and O–H groups in total. The minimum Gasteiger partial charge on any atom is -0.480 e. The van der Waals surface area contributed by atoms with Crippen LogP contribution in [0.3, 0.4) is 0 Å². The van der Waals surface area contributed by atoms with E-state index < -0.39 is 77.6 Å². The van der Waals surface area contributed by atoms with Gasteiger partial charge >= 0.3 is 12.7 Å². The molecule has 0 saturated carbocycles. The van der Waals surface area contributed by atoms with Gasteiger partial charge in [0.15, 0.2) is 23.8 Å².